The fourth-order valence-corrected chi connectivity index (χ4v) is 1.69. The first kappa shape index (κ1) is 16.8. The average Bonchev–Trinajstić information content (AvgIpc) is 2.44. The minimum atomic E-state index is -4.52. The van der Waals surface area contributed by atoms with Gasteiger partial charge >= 0.3 is 18.2 Å². The van der Waals surface area contributed by atoms with Gasteiger partial charge in [0.25, 0.3) is 0 Å². The van der Waals surface area contributed by atoms with E-state index in [0.29, 0.717) is 5.69 Å². The second-order valence-electron chi connectivity index (χ2n) is 4.27. The number of carboxylic acids is 1. The van der Waals surface area contributed by atoms with E-state index < -0.39 is 24.8 Å². The van der Waals surface area contributed by atoms with E-state index in [-0.39, 0.29) is 16.5 Å². The first-order valence-electron chi connectivity index (χ1n) is 6.07. The molecule has 1 aromatic carbocycles. The number of hydrogen-bond donors (Lipinski definition) is 2. The van der Waals surface area contributed by atoms with Crippen LogP contribution < -0.4 is 10.1 Å². The fraction of sp³-hybridized carbons (Fsp3) is 0.154. The van der Waals surface area contributed by atoms with E-state index in [0.717, 1.165) is 0 Å². The summed E-state index contributed by atoms with van der Waals surface area (Å²) in [4.78, 5) is 18.0. The molecule has 0 aliphatic rings. The Hall–Kier alpha value is -2.55. The van der Waals surface area contributed by atoms with Gasteiger partial charge in [-0.1, -0.05) is 11.6 Å². The molecular weight excluding hydrogens is 339 g/mol. The Morgan fingerprint density at radius 3 is 2.48 bits per heavy atom. The van der Waals surface area contributed by atoms with Gasteiger partial charge in [-0.15, -0.1) is 0 Å². The summed E-state index contributed by atoms with van der Waals surface area (Å²) in [6.07, 6.45) is -4.52. The molecule has 0 bridgehead atoms. The third kappa shape index (κ3) is 5.29. The van der Waals surface area contributed by atoms with Crippen LogP contribution in [0.1, 0.15) is 10.4 Å². The molecule has 0 aliphatic carbocycles. The Balaban J connectivity index is 2.13. The highest BCUT2D eigenvalue weighted by atomic mass is 35.5. The van der Waals surface area contributed by atoms with Crippen LogP contribution in [0.15, 0.2) is 30.3 Å². The molecule has 0 saturated carbocycles. The van der Waals surface area contributed by atoms with E-state index in [1.165, 1.54) is 30.3 Å². The summed E-state index contributed by atoms with van der Waals surface area (Å²) >= 11 is 5.70. The lowest BCUT2D eigenvalue weighted by atomic mass is 10.2. The monoisotopic (exact) mass is 347 g/mol. The molecule has 6 nitrogen and oxygen atoms in total. The zero-order valence-electron chi connectivity index (χ0n) is 11.3. The van der Waals surface area contributed by atoms with Crippen LogP contribution in [0.3, 0.4) is 0 Å². The number of anilines is 2. The van der Waals surface area contributed by atoms with Crippen molar-refractivity contribution < 1.29 is 27.8 Å². The lowest BCUT2D eigenvalue weighted by molar-refractivity contribution is -0.154. The molecule has 2 aromatic rings. The number of rotatable bonds is 5. The third-order valence-corrected chi connectivity index (χ3v) is 2.64. The Labute approximate surface area is 132 Å². The average molecular weight is 348 g/mol. The van der Waals surface area contributed by atoms with Crippen molar-refractivity contribution in [2.75, 3.05) is 11.9 Å². The van der Waals surface area contributed by atoms with Crippen LogP contribution in [0.25, 0.3) is 0 Å². The van der Waals surface area contributed by atoms with Gasteiger partial charge in [-0.25, -0.2) is 4.79 Å². The number of alkyl halides is 3. The Morgan fingerprint density at radius 2 is 1.91 bits per heavy atom. The maximum atomic E-state index is 12.1. The van der Waals surface area contributed by atoms with Crippen LogP contribution in [0.4, 0.5) is 24.7 Å². The van der Waals surface area contributed by atoms with Crippen molar-refractivity contribution >= 4 is 29.1 Å². The lowest BCUT2D eigenvalue weighted by Gasteiger charge is -2.10. The minimum absolute atomic E-state index is 0.0884. The topological polar surface area (TPSA) is 84.3 Å². The highest BCUT2D eigenvalue weighted by Gasteiger charge is 2.29. The van der Waals surface area contributed by atoms with Gasteiger partial charge < -0.3 is 15.2 Å². The maximum Gasteiger partial charge on any atom is 0.422 e. The lowest BCUT2D eigenvalue weighted by Crippen LogP contribution is -2.20. The van der Waals surface area contributed by atoms with Gasteiger partial charge in [-0.05, 0) is 24.3 Å². The number of aromatic nitrogens is 2. The van der Waals surface area contributed by atoms with E-state index in [1.807, 2.05) is 0 Å². The molecule has 0 unspecified atom stereocenters. The SMILES string of the molecule is O=C(O)c1ccc(Nc2cc(Cl)nc(OCC(F)(F)F)n2)cc1. The van der Waals surface area contributed by atoms with E-state index in [2.05, 4.69) is 20.0 Å². The number of hydrogen-bond acceptors (Lipinski definition) is 5. The van der Waals surface area contributed by atoms with Gasteiger partial charge in [-0.2, -0.15) is 23.1 Å². The smallest absolute Gasteiger partial charge is 0.422 e. The molecule has 0 aliphatic heterocycles. The van der Waals surface area contributed by atoms with Crippen molar-refractivity contribution in [3.8, 4) is 6.01 Å². The number of aromatic carboxylic acids is 1. The predicted molar refractivity (Wildman–Crippen MR) is 75.3 cm³/mol. The minimum Gasteiger partial charge on any atom is -0.478 e. The molecule has 122 valence electrons. The van der Waals surface area contributed by atoms with Crippen LogP contribution in [-0.4, -0.2) is 33.8 Å². The van der Waals surface area contributed by atoms with Crippen LogP contribution in [0.5, 0.6) is 6.01 Å². The first-order chi connectivity index (χ1) is 10.7. The Morgan fingerprint density at radius 1 is 1.26 bits per heavy atom. The highest BCUT2D eigenvalue weighted by Crippen LogP contribution is 2.22. The molecule has 0 amide bonds. The van der Waals surface area contributed by atoms with Crippen LogP contribution in [0, 0.1) is 0 Å². The molecule has 0 spiro atoms. The molecule has 23 heavy (non-hydrogen) atoms. The summed E-state index contributed by atoms with van der Waals surface area (Å²) in [7, 11) is 0. The largest absolute Gasteiger partial charge is 0.478 e. The van der Waals surface area contributed by atoms with E-state index in [9.17, 15) is 18.0 Å². The van der Waals surface area contributed by atoms with Crippen LogP contribution in [0.2, 0.25) is 5.15 Å². The molecular formula is C13H9ClF3N3O3. The normalized spacial score (nSPS) is 11.1. The number of halogens is 4. The standard InChI is InChI=1S/C13H9ClF3N3O3/c14-9-5-10(20-12(19-9)23-6-13(15,16)17)18-8-3-1-7(2-4-8)11(21)22/h1-5H,6H2,(H,21,22)(H,18,19,20). The Kier molecular flexibility index (Phi) is 4.89. The van der Waals surface area contributed by atoms with E-state index >= 15 is 0 Å². The summed E-state index contributed by atoms with van der Waals surface area (Å²) in [5, 5.41) is 11.4. The molecule has 0 atom stereocenters. The second kappa shape index (κ2) is 6.69. The molecule has 10 heteroatoms. The van der Waals surface area contributed by atoms with Crippen molar-refractivity contribution in [2.24, 2.45) is 0 Å². The third-order valence-electron chi connectivity index (χ3n) is 2.44. The number of benzene rings is 1. The number of nitrogens with one attached hydrogen (secondary N) is 1. The quantitative estimate of drug-likeness (QED) is 0.805. The molecule has 1 aromatic heterocycles. The molecule has 0 radical (unpaired) electrons. The molecule has 0 fully saturated rings. The zero-order chi connectivity index (χ0) is 17.0. The maximum absolute atomic E-state index is 12.1. The molecule has 2 N–H and O–H groups in total. The van der Waals surface area contributed by atoms with Gasteiger partial charge in [0, 0.05) is 11.8 Å². The number of carbonyl (C=O) groups is 1. The van der Waals surface area contributed by atoms with Gasteiger partial charge in [0.05, 0.1) is 5.56 Å². The van der Waals surface area contributed by atoms with Crippen LogP contribution >= 0.6 is 11.6 Å². The zero-order valence-corrected chi connectivity index (χ0v) is 12.0. The van der Waals surface area contributed by atoms with Crippen LogP contribution in [-0.2, 0) is 0 Å². The van der Waals surface area contributed by atoms with Gasteiger partial charge in [0.15, 0.2) is 6.61 Å². The van der Waals surface area contributed by atoms with Gasteiger partial charge in [0.1, 0.15) is 11.0 Å². The van der Waals surface area contributed by atoms with E-state index in [4.69, 9.17) is 16.7 Å². The van der Waals surface area contributed by atoms with Crippen molar-refractivity contribution in [3.63, 3.8) is 0 Å². The van der Waals surface area contributed by atoms with E-state index in [1.54, 1.807) is 0 Å². The molecule has 2 rings (SSSR count). The van der Waals surface area contributed by atoms with Crippen molar-refractivity contribution in [2.45, 2.75) is 6.18 Å². The summed E-state index contributed by atoms with van der Waals surface area (Å²) in [6.45, 7) is -1.54. The number of carboxylic acid groups (broad SMARTS) is 1. The fourth-order valence-electron chi connectivity index (χ4n) is 1.52. The predicted octanol–water partition coefficient (Wildman–Crippen LogP) is 3.51. The first-order valence-corrected chi connectivity index (χ1v) is 6.45. The molecule has 1 heterocycles. The summed E-state index contributed by atoms with van der Waals surface area (Å²) < 4.78 is 40.8. The van der Waals surface area contributed by atoms with Gasteiger partial charge in [0.2, 0.25) is 0 Å². The highest BCUT2D eigenvalue weighted by molar-refractivity contribution is 6.29. The van der Waals surface area contributed by atoms with Crippen molar-refractivity contribution in [3.05, 3.63) is 41.0 Å². The van der Waals surface area contributed by atoms with Crippen molar-refractivity contribution in [1.82, 2.24) is 9.97 Å². The molecule has 0 saturated heterocycles. The number of ether oxygens (including phenoxy) is 1. The summed E-state index contributed by atoms with van der Waals surface area (Å²) in [5.74, 6) is -0.977. The summed E-state index contributed by atoms with van der Waals surface area (Å²) in [6, 6.07) is 6.40. The Bertz CT molecular complexity index is 708. The second-order valence-corrected chi connectivity index (χ2v) is 4.66. The van der Waals surface area contributed by atoms with Gasteiger partial charge in [-0.3, -0.25) is 0 Å². The van der Waals surface area contributed by atoms with Crippen molar-refractivity contribution in [1.29, 1.82) is 0 Å². The summed E-state index contributed by atoms with van der Waals surface area (Å²) in [5.41, 5.74) is 0.553. The number of nitrogens with zero attached hydrogens (tertiary/aromatic N) is 2.